The molecule has 1 atom stereocenters. The number of benzene rings is 1. The van der Waals surface area contributed by atoms with E-state index in [4.69, 9.17) is 0 Å². The molecule has 3 rings (SSSR count). The van der Waals surface area contributed by atoms with Gasteiger partial charge in [0.2, 0.25) is 0 Å². The number of nitrogens with zero attached hydrogens (tertiary/aromatic N) is 1. The highest BCUT2D eigenvalue weighted by Crippen LogP contribution is 2.26. The van der Waals surface area contributed by atoms with Gasteiger partial charge in [-0.3, -0.25) is 4.79 Å². The normalized spacial score (nSPS) is 21.9. The second-order valence-corrected chi connectivity index (χ2v) is 6.61. The van der Waals surface area contributed by atoms with Crippen molar-refractivity contribution in [2.75, 3.05) is 30.7 Å². The van der Waals surface area contributed by atoms with Crippen LogP contribution in [-0.2, 0) is 6.42 Å². The molecule has 2 aliphatic rings. The van der Waals surface area contributed by atoms with Crippen molar-refractivity contribution in [1.82, 2.24) is 4.90 Å². The summed E-state index contributed by atoms with van der Waals surface area (Å²) in [6.45, 7) is 4.97. The molecule has 3 nitrogen and oxygen atoms in total. The number of carbonyl (C=O) groups excluding carboxylic acids is 1. The van der Waals surface area contributed by atoms with E-state index in [1.54, 1.807) is 0 Å². The first-order valence-electron chi connectivity index (χ1n) is 7.05. The highest BCUT2D eigenvalue weighted by Gasteiger charge is 2.24. The van der Waals surface area contributed by atoms with Gasteiger partial charge in [0.05, 0.1) is 0 Å². The predicted molar refractivity (Wildman–Crippen MR) is 81.1 cm³/mol. The smallest absolute Gasteiger partial charge is 0.253 e. The highest BCUT2D eigenvalue weighted by atomic mass is 32.2. The lowest BCUT2D eigenvalue weighted by molar-refractivity contribution is 0.0761. The molecule has 0 bridgehead atoms. The Balaban J connectivity index is 1.76. The fourth-order valence-corrected chi connectivity index (χ4v) is 3.95. The summed E-state index contributed by atoms with van der Waals surface area (Å²) in [6, 6.07) is 6.08. The number of hydrogen-bond donors (Lipinski definition) is 1. The number of hydrogen-bond acceptors (Lipinski definition) is 3. The standard InChI is InChI=1S/C15H20N2OS/c1-2-13-10-17(7-8-19-13)15(18)12-3-4-14-11(9-12)5-6-16-14/h3-4,9,13,16H,2,5-8,10H2,1H3. The van der Waals surface area contributed by atoms with Crippen molar-refractivity contribution < 1.29 is 4.79 Å². The Morgan fingerprint density at radius 1 is 1.53 bits per heavy atom. The maximum atomic E-state index is 12.6. The number of thioether (sulfide) groups is 1. The molecule has 1 saturated heterocycles. The Labute approximate surface area is 118 Å². The lowest BCUT2D eigenvalue weighted by atomic mass is 10.1. The van der Waals surface area contributed by atoms with E-state index in [0.717, 1.165) is 43.8 Å². The van der Waals surface area contributed by atoms with Crippen molar-refractivity contribution >= 4 is 23.4 Å². The number of anilines is 1. The van der Waals surface area contributed by atoms with Crippen LogP contribution in [-0.4, -0.2) is 41.4 Å². The molecule has 102 valence electrons. The Morgan fingerprint density at radius 2 is 2.42 bits per heavy atom. The van der Waals surface area contributed by atoms with Crippen LogP contribution in [0.25, 0.3) is 0 Å². The van der Waals surface area contributed by atoms with Gasteiger partial charge in [0, 0.05) is 41.9 Å². The van der Waals surface area contributed by atoms with Gasteiger partial charge in [-0.2, -0.15) is 11.8 Å². The zero-order valence-electron chi connectivity index (χ0n) is 11.3. The summed E-state index contributed by atoms with van der Waals surface area (Å²) in [5.74, 6) is 1.27. The summed E-state index contributed by atoms with van der Waals surface area (Å²) in [5, 5.41) is 3.94. The van der Waals surface area contributed by atoms with Gasteiger partial charge in [0.1, 0.15) is 0 Å². The number of amides is 1. The van der Waals surface area contributed by atoms with Gasteiger partial charge in [-0.25, -0.2) is 0 Å². The van der Waals surface area contributed by atoms with Crippen LogP contribution in [0.2, 0.25) is 0 Å². The fraction of sp³-hybridized carbons (Fsp3) is 0.533. The number of rotatable bonds is 2. The van der Waals surface area contributed by atoms with E-state index in [1.165, 1.54) is 11.3 Å². The minimum atomic E-state index is 0.202. The summed E-state index contributed by atoms with van der Waals surface area (Å²) in [7, 11) is 0. The Kier molecular flexibility index (Phi) is 3.69. The molecule has 0 saturated carbocycles. The van der Waals surface area contributed by atoms with Crippen LogP contribution < -0.4 is 5.32 Å². The molecular formula is C15H20N2OS. The summed E-state index contributed by atoms with van der Waals surface area (Å²) in [4.78, 5) is 14.6. The molecule has 1 fully saturated rings. The molecule has 1 unspecified atom stereocenters. The van der Waals surface area contributed by atoms with E-state index in [-0.39, 0.29) is 5.91 Å². The molecule has 1 aromatic carbocycles. The third kappa shape index (κ3) is 2.59. The van der Waals surface area contributed by atoms with E-state index >= 15 is 0 Å². The molecule has 0 spiro atoms. The minimum absolute atomic E-state index is 0.202. The van der Waals surface area contributed by atoms with Crippen LogP contribution in [0.4, 0.5) is 5.69 Å². The van der Waals surface area contributed by atoms with Gasteiger partial charge >= 0.3 is 0 Å². The second kappa shape index (κ2) is 5.45. The topological polar surface area (TPSA) is 32.3 Å². The van der Waals surface area contributed by atoms with Crippen molar-refractivity contribution in [3.05, 3.63) is 29.3 Å². The molecule has 2 heterocycles. The van der Waals surface area contributed by atoms with Crippen LogP contribution in [0.15, 0.2) is 18.2 Å². The van der Waals surface area contributed by atoms with Gasteiger partial charge in [0.15, 0.2) is 0 Å². The SMILES string of the molecule is CCC1CN(C(=O)c2ccc3c(c2)CCN3)CCS1. The van der Waals surface area contributed by atoms with Gasteiger partial charge in [-0.1, -0.05) is 6.92 Å². The van der Waals surface area contributed by atoms with Crippen molar-refractivity contribution in [3.63, 3.8) is 0 Å². The largest absolute Gasteiger partial charge is 0.384 e. The number of fused-ring (bicyclic) bond motifs is 1. The predicted octanol–water partition coefficient (Wildman–Crippen LogP) is 2.62. The second-order valence-electron chi connectivity index (χ2n) is 5.20. The first kappa shape index (κ1) is 12.9. The summed E-state index contributed by atoms with van der Waals surface area (Å²) in [5.41, 5.74) is 3.32. The number of carbonyl (C=O) groups is 1. The monoisotopic (exact) mass is 276 g/mol. The first-order valence-corrected chi connectivity index (χ1v) is 8.10. The van der Waals surface area contributed by atoms with Crippen LogP contribution in [0, 0.1) is 0 Å². The maximum Gasteiger partial charge on any atom is 0.253 e. The molecule has 19 heavy (non-hydrogen) atoms. The maximum absolute atomic E-state index is 12.6. The first-order chi connectivity index (χ1) is 9.28. The molecule has 1 amide bonds. The Morgan fingerprint density at radius 3 is 3.26 bits per heavy atom. The molecule has 1 N–H and O–H groups in total. The molecule has 1 aromatic rings. The average Bonchev–Trinajstić information content (AvgIpc) is 2.94. The summed E-state index contributed by atoms with van der Waals surface area (Å²) >= 11 is 2.00. The fourth-order valence-electron chi connectivity index (χ4n) is 2.77. The van der Waals surface area contributed by atoms with Crippen LogP contribution in [0.3, 0.4) is 0 Å². The van der Waals surface area contributed by atoms with Gasteiger partial charge < -0.3 is 10.2 Å². The summed E-state index contributed by atoms with van der Waals surface area (Å²) < 4.78 is 0. The van der Waals surface area contributed by atoms with Gasteiger partial charge in [-0.15, -0.1) is 0 Å². The quantitative estimate of drug-likeness (QED) is 0.901. The molecule has 4 heteroatoms. The van der Waals surface area contributed by atoms with Crippen LogP contribution >= 0.6 is 11.8 Å². The molecule has 0 aliphatic carbocycles. The van der Waals surface area contributed by atoms with E-state index in [1.807, 2.05) is 28.8 Å². The van der Waals surface area contributed by atoms with Gasteiger partial charge in [0.25, 0.3) is 5.91 Å². The van der Waals surface area contributed by atoms with E-state index in [9.17, 15) is 4.79 Å². The van der Waals surface area contributed by atoms with Crippen molar-refractivity contribution in [2.24, 2.45) is 0 Å². The third-order valence-electron chi connectivity index (χ3n) is 3.94. The van der Waals surface area contributed by atoms with E-state index < -0.39 is 0 Å². The van der Waals surface area contributed by atoms with E-state index in [2.05, 4.69) is 18.3 Å². The van der Waals surface area contributed by atoms with E-state index in [0.29, 0.717) is 5.25 Å². The highest BCUT2D eigenvalue weighted by molar-refractivity contribution is 8.00. The van der Waals surface area contributed by atoms with Crippen LogP contribution in [0.1, 0.15) is 29.3 Å². The Bertz CT molecular complexity index is 489. The molecule has 0 radical (unpaired) electrons. The van der Waals surface area contributed by atoms with Crippen molar-refractivity contribution in [1.29, 1.82) is 0 Å². The Hall–Kier alpha value is -1.16. The minimum Gasteiger partial charge on any atom is -0.384 e. The molecule has 0 aromatic heterocycles. The van der Waals surface area contributed by atoms with Crippen molar-refractivity contribution in [3.8, 4) is 0 Å². The van der Waals surface area contributed by atoms with Gasteiger partial charge in [-0.05, 0) is 36.6 Å². The summed E-state index contributed by atoms with van der Waals surface area (Å²) in [6.07, 6.45) is 2.17. The third-order valence-corrected chi connectivity index (χ3v) is 5.32. The lowest BCUT2D eigenvalue weighted by Gasteiger charge is -2.32. The molecule has 2 aliphatic heterocycles. The zero-order valence-corrected chi connectivity index (χ0v) is 12.1. The van der Waals surface area contributed by atoms with Crippen molar-refractivity contribution in [2.45, 2.75) is 25.0 Å². The average molecular weight is 276 g/mol. The lowest BCUT2D eigenvalue weighted by Crippen LogP contribution is -2.41. The van der Waals surface area contributed by atoms with Crippen LogP contribution in [0.5, 0.6) is 0 Å². The molecular weight excluding hydrogens is 256 g/mol. The number of nitrogens with one attached hydrogen (secondary N) is 1. The zero-order chi connectivity index (χ0) is 13.2.